The Labute approximate surface area is 126 Å². The number of nitrogen functional groups attached to an aromatic ring is 1. The molecule has 3 N–H and O–H groups in total. The van der Waals surface area contributed by atoms with Gasteiger partial charge in [0.25, 0.3) is 0 Å². The molecule has 1 unspecified atom stereocenters. The first kappa shape index (κ1) is 14.5. The molecule has 1 aliphatic rings. The Hall–Kier alpha value is -1.44. The van der Waals surface area contributed by atoms with E-state index in [0.717, 1.165) is 30.5 Å². The van der Waals surface area contributed by atoms with E-state index in [1.165, 1.54) is 10.9 Å². The second kappa shape index (κ2) is 5.40. The van der Waals surface area contributed by atoms with Crippen molar-refractivity contribution in [3.8, 4) is 0 Å². The highest BCUT2D eigenvalue weighted by molar-refractivity contribution is 7.89. The van der Waals surface area contributed by atoms with Crippen molar-refractivity contribution < 1.29 is 12.8 Å². The summed E-state index contributed by atoms with van der Waals surface area (Å²) in [5, 5.41) is 1.96. The van der Waals surface area contributed by atoms with Crippen LogP contribution in [0.15, 0.2) is 34.5 Å². The van der Waals surface area contributed by atoms with E-state index in [1.54, 1.807) is 11.3 Å². The average Bonchev–Trinajstić information content (AvgIpc) is 2.90. The number of aryl methyl sites for hydroxylation is 1. The lowest BCUT2D eigenvalue weighted by Gasteiger charge is -2.23. The van der Waals surface area contributed by atoms with Gasteiger partial charge in [0.1, 0.15) is 10.7 Å². The van der Waals surface area contributed by atoms with Crippen molar-refractivity contribution >= 4 is 27.0 Å². The molecule has 1 aliphatic carbocycles. The number of hydrogen-bond acceptors (Lipinski definition) is 4. The average molecular weight is 326 g/mol. The maximum absolute atomic E-state index is 13.8. The van der Waals surface area contributed by atoms with E-state index in [2.05, 4.69) is 4.72 Å². The molecule has 3 rings (SSSR count). The SMILES string of the molecule is Nc1ccc(F)c(S(=O)(=O)NC2CCCc3sccc32)c1. The second-order valence-corrected chi connectivity index (χ2v) is 7.74. The molecule has 21 heavy (non-hydrogen) atoms. The summed E-state index contributed by atoms with van der Waals surface area (Å²) in [6.45, 7) is 0. The van der Waals surface area contributed by atoms with Crippen LogP contribution < -0.4 is 10.5 Å². The van der Waals surface area contributed by atoms with Crippen molar-refractivity contribution in [2.24, 2.45) is 0 Å². The molecule has 0 saturated heterocycles. The van der Waals surface area contributed by atoms with Gasteiger partial charge in [0.2, 0.25) is 10.0 Å². The minimum absolute atomic E-state index is 0.219. The number of rotatable bonds is 3. The first-order valence-corrected chi connectivity index (χ1v) is 8.97. The fourth-order valence-corrected chi connectivity index (χ4v) is 4.94. The molecule has 0 bridgehead atoms. The first-order valence-electron chi connectivity index (χ1n) is 6.61. The van der Waals surface area contributed by atoms with Gasteiger partial charge in [0.15, 0.2) is 0 Å². The summed E-state index contributed by atoms with van der Waals surface area (Å²) in [4.78, 5) is 0.798. The minimum Gasteiger partial charge on any atom is -0.399 e. The number of hydrogen-bond donors (Lipinski definition) is 2. The van der Waals surface area contributed by atoms with E-state index in [-0.39, 0.29) is 11.7 Å². The number of nitrogens with one attached hydrogen (secondary N) is 1. The molecular formula is C14H15FN2O2S2. The molecule has 4 nitrogen and oxygen atoms in total. The van der Waals surface area contributed by atoms with Crippen LogP contribution in [0, 0.1) is 5.82 Å². The first-order chi connectivity index (χ1) is 9.97. The zero-order valence-electron chi connectivity index (χ0n) is 11.2. The van der Waals surface area contributed by atoms with Crippen molar-refractivity contribution in [3.05, 3.63) is 45.9 Å². The van der Waals surface area contributed by atoms with Crippen LogP contribution in [-0.4, -0.2) is 8.42 Å². The molecule has 0 fully saturated rings. The molecule has 0 spiro atoms. The van der Waals surface area contributed by atoms with Gasteiger partial charge in [-0.1, -0.05) is 0 Å². The molecule has 7 heteroatoms. The van der Waals surface area contributed by atoms with Gasteiger partial charge in [0, 0.05) is 16.6 Å². The Kier molecular flexibility index (Phi) is 3.73. The summed E-state index contributed by atoms with van der Waals surface area (Å²) in [5.74, 6) is -0.793. The van der Waals surface area contributed by atoms with E-state index in [1.807, 2.05) is 11.4 Å². The van der Waals surface area contributed by atoms with E-state index in [9.17, 15) is 12.8 Å². The van der Waals surface area contributed by atoms with Gasteiger partial charge in [-0.05, 0) is 54.5 Å². The van der Waals surface area contributed by atoms with Crippen LogP contribution in [-0.2, 0) is 16.4 Å². The molecule has 0 radical (unpaired) electrons. The molecule has 1 heterocycles. The number of halogens is 1. The van der Waals surface area contributed by atoms with E-state index < -0.39 is 20.7 Å². The van der Waals surface area contributed by atoms with Crippen LogP contribution in [0.4, 0.5) is 10.1 Å². The van der Waals surface area contributed by atoms with Gasteiger partial charge in [-0.3, -0.25) is 0 Å². The summed E-state index contributed by atoms with van der Waals surface area (Å²) >= 11 is 1.63. The van der Waals surface area contributed by atoms with Crippen LogP contribution in [0.5, 0.6) is 0 Å². The smallest absolute Gasteiger partial charge is 0.244 e. The fourth-order valence-electron chi connectivity index (χ4n) is 2.59. The van der Waals surface area contributed by atoms with E-state index in [4.69, 9.17) is 5.73 Å². The number of benzene rings is 1. The van der Waals surface area contributed by atoms with Gasteiger partial charge in [-0.2, -0.15) is 0 Å². The zero-order valence-corrected chi connectivity index (χ0v) is 12.8. The quantitative estimate of drug-likeness (QED) is 0.852. The number of nitrogens with two attached hydrogens (primary N) is 1. The topological polar surface area (TPSA) is 72.2 Å². The van der Waals surface area contributed by atoms with Crippen LogP contribution in [0.1, 0.15) is 29.3 Å². The third-order valence-electron chi connectivity index (χ3n) is 3.59. The lowest BCUT2D eigenvalue weighted by molar-refractivity contribution is 0.505. The Balaban J connectivity index is 1.93. The van der Waals surface area contributed by atoms with Crippen LogP contribution >= 0.6 is 11.3 Å². The Morgan fingerprint density at radius 1 is 1.33 bits per heavy atom. The predicted octanol–water partition coefficient (Wildman–Crippen LogP) is 2.83. The van der Waals surface area contributed by atoms with Crippen molar-refractivity contribution in [1.29, 1.82) is 0 Å². The van der Waals surface area contributed by atoms with Crippen LogP contribution in [0.25, 0.3) is 0 Å². The normalized spacial score (nSPS) is 18.4. The third kappa shape index (κ3) is 2.81. The van der Waals surface area contributed by atoms with Gasteiger partial charge < -0.3 is 5.73 Å². The monoisotopic (exact) mass is 326 g/mol. The van der Waals surface area contributed by atoms with Crippen molar-refractivity contribution in [3.63, 3.8) is 0 Å². The summed E-state index contributed by atoms with van der Waals surface area (Å²) in [7, 11) is -3.93. The Morgan fingerprint density at radius 2 is 2.14 bits per heavy atom. The largest absolute Gasteiger partial charge is 0.399 e. The minimum atomic E-state index is -3.93. The number of anilines is 1. The maximum atomic E-state index is 13.8. The van der Waals surface area contributed by atoms with Gasteiger partial charge in [-0.15, -0.1) is 11.3 Å². The van der Waals surface area contributed by atoms with Gasteiger partial charge >= 0.3 is 0 Å². The fraction of sp³-hybridized carbons (Fsp3) is 0.286. The number of fused-ring (bicyclic) bond motifs is 1. The molecule has 1 aromatic heterocycles. The van der Waals surface area contributed by atoms with Gasteiger partial charge in [0.05, 0.1) is 0 Å². The maximum Gasteiger partial charge on any atom is 0.244 e. The van der Waals surface area contributed by atoms with Crippen molar-refractivity contribution in [1.82, 2.24) is 4.72 Å². The van der Waals surface area contributed by atoms with Gasteiger partial charge in [-0.25, -0.2) is 17.5 Å². The summed E-state index contributed by atoms with van der Waals surface area (Å²) in [5.41, 5.74) is 6.78. The summed E-state index contributed by atoms with van der Waals surface area (Å²) in [6.07, 6.45) is 2.60. The molecular weight excluding hydrogens is 311 g/mol. The Morgan fingerprint density at radius 3 is 2.95 bits per heavy atom. The number of thiophene rings is 1. The molecule has 0 amide bonds. The molecule has 0 saturated carbocycles. The molecule has 1 aromatic carbocycles. The van der Waals surface area contributed by atoms with Crippen molar-refractivity contribution in [2.45, 2.75) is 30.2 Å². The summed E-state index contributed by atoms with van der Waals surface area (Å²) in [6, 6.07) is 5.19. The lowest BCUT2D eigenvalue weighted by atomic mass is 9.95. The molecule has 1 atom stereocenters. The van der Waals surface area contributed by atoms with Crippen LogP contribution in [0.3, 0.4) is 0 Å². The third-order valence-corrected chi connectivity index (χ3v) is 6.08. The van der Waals surface area contributed by atoms with Crippen molar-refractivity contribution in [2.75, 3.05) is 5.73 Å². The highest BCUT2D eigenvalue weighted by atomic mass is 32.2. The zero-order chi connectivity index (χ0) is 15.0. The lowest BCUT2D eigenvalue weighted by Crippen LogP contribution is -2.31. The molecule has 112 valence electrons. The second-order valence-electron chi connectivity index (χ2n) is 5.06. The highest BCUT2D eigenvalue weighted by Gasteiger charge is 2.28. The number of sulfonamides is 1. The van der Waals surface area contributed by atoms with E-state index >= 15 is 0 Å². The summed E-state index contributed by atoms with van der Waals surface area (Å²) < 4.78 is 41.2. The highest BCUT2D eigenvalue weighted by Crippen LogP contribution is 2.34. The van der Waals surface area contributed by atoms with Crippen LogP contribution in [0.2, 0.25) is 0 Å². The molecule has 2 aromatic rings. The molecule has 0 aliphatic heterocycles. The Bertz CT molecular complexity index is 771. The predicted molar refractivity (Wildman–Crippen MR) is 81.1 cm³/mol. The standard InChI is InChI=1S/C14H15FN2O2S2/c15-11-5-4-9(16)8-14(11)21(18,19)17-12-2-1-3-13-10(12)6-7-20-13/h4-8,12,17H,1-3,16H2. The van der Waals surface area contributed by atoms with E-state index in [0.29, 0.717) is 6.42 Å².